The summed E-state index contributed by atoms with van der Waals surface area (Å²) in [5.74, 6) is 0.976. The van der Waals surface area contributed by atoms with Crippen LogP contribution in [0.25, 0.3) is 0 Å². The van der Waals surface area contributed by atoms with Gasteiger partial charge in [-0.15, -0.1) is 0 Å². The van der Waals surface area contributed by atoms with Crippen LogP contribution in [-0.4, -0.2) is 25.9 Å². The summed E-state index contributed by atoms with van der Waals surface area (Å²) in [6.45, 7) is 6.41. The van der Waals surface area contributed by atoms with E-state index in [4.69, 9.17) is 9.47 Å². The molecule has 0 radical (unpaired) electrons. The smallest absolute Gasteiger partial charge is 0.124 e. The number of ether oxygens (including phenoxy) is 2. The topological polar surface area (TPSA) is 30.5 Å². The Kier molecular flexibility index (Phi) is 3.80. The molecule has 88 valence electrons. The van der Waals surface area contributed by atoms with Crippen molar-refractivity contribution in [2.45, 2.75) is 26.0 Å². The molecule has 0 saturated heterocycles. The molecule has 1 heterocycles. The summed E-state index contributed by atoms with van der Waals surface area (Å²) in [6.07, 6.45) is 0.111. The van der Waals surface area contributed by atoms with Crippen LogP contribution in [0.5, 0.6) is 5.75 Å². The summed E-state index contributed by atoms with van der Waals surface area (Å²) >= 11 is 0. The second-order valence-electron chi connectivity index (χ2n) is 3.88. The molecule has 0 bridgehead atoms. The Morgan fingerprint density at radius 1 is 1.38 bits per heavy atom. The first-order valence-electron chi connectivity index (χ1n) is 5.93. The molecular weight excluding hydrogens is 202 g/mol. The first-order valence-corrected chi connectivity index (χ1v) is 5.93. The maximum atomic E-state index is 5.72. The third-order valence-corrected chi connectivity index (χ3v) is 2.83. The highest BCUT2D eigenvalue weighted by atomic mass is 16.5. The van der Waals surface area contributed by atoms with Crippen molar-refractivity contribution in [3.63, 3.8) is 0 Å². The first kappa shape index (κ1) is 11.4. The predicted molar refractivity (Wildman–Crippen MR) is 63.8 cm³/mol. The molecule has 3 nitrogen and oxygen atoms in total. The lowest BCUT2D eigenvalue weighted by atomic mass is 9.98. The molecule has 0 aromatic heterocycles. The Bertz CT molecular complexity index is 340. The molecule has 0 spiro atoms. The van der Waals surface area contributed by atoms with Crippen molar-refractivity contribution in [1.82, 2.24) is 5.32 Å². The Labute approximate surface area is 96.8 Å². The first-order chi connectivity index (χ1) is 7.86. The summed E-state index contributed by atoms with van der Waals surface area (Å²) in [5, 5.41) is 3.47. The van der Waals surface area contributed by atoms with Gasteiger partial charge in [-0.2, -0.15) is 0 Å². The summed E-state index contributed by atoms with van der Waals surface area (Å²) < 4.78 is 11.4. The van der Waals surface area contributed by atoms with E-state index in [1.807, 2.05) is 25.1 Å². The van der Waals surface area contributed by atoms with E-state index in [2.05, 4.69) is 18.3 Å². The van der Waals surface area contributed by atoms with E-state index in [0.29, 0.717) is 6.61 Å². The molecule has 3 heteroatoms. The van der Waals surface area contributed by atoms with Crippen molar-refractivity contribution in [3.05, 3.63) is 29.8 Å². The van der Waals surface area contributed by atoms with Gasteiger partial charge in [-0.25, -0.2) is 0 Å². The zero-order valence-electron chi connectivity index (χ0n) is 9.90. The van der Waals surface area contributed by atoms with Crippen LogP contribution in [0.4, 0.5) is 0 Å². The maximum Gasteiger partial charge on any atom is 0.124 e. The number of hydrogen-bond donors (Lipinski definition) is 1. The highest BCUT2D eigenvalue weighted by Crippen LogP contribution is 2.32. The van der Waals surface area contributed by atoms with Crippen molar-refractivity contribution >= 4 is 0 Å². The molecule has 2 atom stereocenters. The molecule has 0 saturated carbocycles. The van der Waals surface area contributed by atoms with Gasteiger partial charge < -0.3 is 14.8 Å². The Balaban J connectivity index is 2.24. The second kappa shape index (κ2) is 5.32. The van der Waals surface area contributed by atoms with E-state index in [-0.39, 0.29) is 12.1 Å². The largest absolute Gasteiger partial charge is 0.490 e. The quantitative estimate of drug-likeness (QED) is 0.845. The minimum Gasteiger partial charge on any atom is -0.490 e. The minimum atomic E-state index is 0.111. The molecule has 1 aromatic carbocycles. The molecule has 2 rings (SSSR count). The van der Waals surface area contributed by atoms with Crippen LogP contribution in [0.2, 0.25) is 0 Å². The fourth-order valence-corrected chi connectivity index (χ4v) is 2.16. The third kappa shape index (κ3) is 2.20. The van der Waals surface area contributed by atoms with Crippen LogP contribution in [0, 0.1) is 0 Å². The van der Waals surface area contributed by atoms with Crippen LogP contribution in [0.15, 0.2) is 24.3 Å². The van der Waals surface area contributed by atoms with Gasteiger partial charge in [0.25, 0.3) is 0 Å². The van der Waals surface area contributed by atoms with Gasteiger partial charge in [0.05, 0.1) is 6.04 Å². The molecule has 0 fully saturated rings. The number of fused-ring (bicyclic) bond motifs is 1. The summed E-state index contributed by atoms with van der Waals surface area (Å²) in [7, 11) is 0. The maximum absolute atomic E-state index is 5.72. The van der Waals surface area contributed by atoms with Gasteiger partial charge in [-0.1, -0.05) is 25.1 Å². The van der Waals surface area contributed by atoms with Gasteiger partial charge >= 0.3 is 0 Å². The van der Waals surface area contributed by atoms with E-state index in [1.54, 1.807) is 0 Å². The predicted octanol–water partition coefficient (Wildman–Crippen LogP) is 2.13. The third-order valence-electron chi connectivity index (χ3n) is 2.83. The number of nitrogens with one attached hydrogen (secondary N) is 1. The lowest BCUT2D eigenvalue weighted by Gasteiger charge is -2.33. The van der Waals surface area contributed by atoms with Crippen molar-refractivity contribution in [3.8, 4) is 5.75 Å². The Morgan fingerprint density at radius 2 is 2.19 bits per heavy atom. The molecule has 16 heavy (non-hydrogen) atoms. The van der Waals surface area contributed by atoms with E-state index in [0.717, 1.165) is 18.9 Å². The molecule has 1 N–H and O–H groups in total. The standard InChI is InChI=1S/C13H19NO2/c1-3-14-13-10-7-5-6-8-11(10)16-9-12(13)15-4-2/h5-8,12-14H,3-4,9H2,1-2H3. The van der Waals surface area contributed by atoms with Crippen LogP contribution in [0.1, 0.15) is 25.5 Å². The van der Waals surface area contributed by atoms with Crippen LogP contribution in [0.3, 0.4) is 0 Å². The van der Waals surface area contributed by atoms with Gasteiger partial charge in [0, 0.05) is 12.2 Å². The van der Waals surface area contributed by atoms with E-state index in [1.165, 1.54) is 5.56 Å². The SMILES string of the molecule is CCNC1c2ccccc2OCC1OCC. The number of para-hydroxylation sites is 1. The van der Waals surface area contributed by atoms with Gasteiger partial charge in [-0.3, -0.25) is 0 Å². The van der Waals surface area contributed by atoms with Crippen molar-refractivity contribution in [2.24, 2.45) is 0 Å². The summed E-state index contributed by atoms with van der Waals surface area (Å²) in [6, 6.07) is 8.41. The zero-order valence-corrected chi connectivity index (χ0v) is 9.90. The van der Waals surface area contributed by atoms with Crippen molar-refractivity contribution in [2.75, 3.05) is 19.8 Å². The Morgan fingerprint density at radius 3 is 2.94 bits per heavy atom. The molecule has 1 aliphatic rings. The molecule has 0 aliphatic carbocycles. The minimum absolute atomic E-state index is 0.111. The molecule has 1 aliphatic heterocycles. The lowest BCUT2D eigenvalue weighted by molar-refractivity contribution is -0.00902. The normalized spacial score (nSPS) is 23.6. The average Bonchev–Trinajstić information content (AvgIpc) is 2.32. The fraction of sp³-hybridized carbons (Fsp3) is 0.538. The van der Waals surface area contributed by atoms with Crippen LogP contribution in [-0.2, 0) is 4.74 Å². The molecular formula is C13H19NO2. The van der Waals surface area contributed by atoms with Crippen molar-refractivity contribution in [1.29, 1.82) is 0 Å². The van der Waals surface area contributed by atoms with Crippen LogP contribution >= 0.6 is 0 Å². The number of likely N-dealkylation sites (N-methyl/N-ethyl adjacent to an activating group) is 1. The van der Waals surface area contributed by atoms with E-state index in [9.17, 15) is 0 Å². The van der Waals surface area contributed by atoms with Crippen LogP contribution < -0.4 is 10.1 Å². The highest BCUT2D eigenvalue weighted by Gasteiger charge is 2.30. The number of hydrogen-bond acceptors (Lipinski definition) is 3. The van der Waals surface area contributed by atoms with E-state index >= 15 is 0 Å². The molecule has 1 aromatic rings. The summed E-state index contributed by atoms with van der Waals surface area (Å²) in [4.78, 5) is 0. The number of rotatable bonds is 4. The molecule has 0 amide bonds. The van der Waals surface area contributed by atoms with Gasteiger partial charge in [0.1, 0.15) is 18.5 Å². The van der Waals surface area contributed by atoms with Gasteiger partial charge in [0.2, 0.25) is 0 Å². The van der Waals surface area contributed by atoms with Gasteiger partial charge in [-0.05, 0) is 19.5 Å². The molecule has 2 unspecified atom stereocenters. The lowest BCUT2D eigenvalue weighted by Crippen LogP contribution is -2.41. The number of benzene rings is 1. The summed E-state index contributed by atoms with van der Waals surface area (Å²) in [5.41, 5.74) is 1.20. The Hall–Kier alpha value is -1.06. The highest BCUT2D eigenvalue weighted by molar-refractivity contribution is 5.38. The average molecular weight is 221 g/mol. The van der Waals surface area contributed by atoms with E-state index < -0.39 is 0 Å². The zero-order chi connectivity index (χ0) is 11.4. The second-order valence-corrected chi connectivity index (χ2v) is 3.88. The fourth-order valence-electron chi connectivity index (χ4n) is 2.16. The monoisotopic (exact) mass is 221 g/mol. The van der Waals surface area contributed by atoms with Crippen molar-refractivity contribution < 1.29 is 9.47 Å². The van der Waals surface area contributed by atoms with Gasteiger partial charge in [0.15, 0.2) is 0 Å².